The number of rotatable bonds is 5. The Hall–Kier alpha value is -2.46. The highest BCUT2D eigenvalue weighted by atomic mass is 79.9. The minimum absolute atomic E-state index is 0.0168. The van der Waals surface area contributed by atoms with Gasteiger partial charge in [0.2, 0.25) is 11.6 Å². The molecule has 0 aliphatic rings. The van der Waals surface area contributed by atoms with Gasteiger partial charge in [-0.25, -0.2) is 15.8 Å². The summed E-state index contributed by atoms with van der Waals surface area (Å²) in [6.07, 6.45) is 1.17. The number of nitrogen functional groups attached to an aromatic ring is 1. The van der Waals surface area contributed by atoms with E-state index in [-0.39, 0.29) is 17.3 Å². The van der Waals surface area contributed by atoms with Crippen molar-refractivity contribution in [2.75, 3.05) is 17.9 Å². The van der Waals surface area contributed by atoms with Gasteiger partial charge in [0.1, 0.15) is 12.1 Å². The molecule has 1 aromatic heterocycles. The highest BCUT2D eigenvalue weighted by molar-refractivity contribution is 9.10. The van der Waals surface area contributed by atoms with E-state index >= 15 is 0 Å². The van der Waals surface area contributed by atoms with Crippen LogP contribution in [0.5, 0.6) is 5.75 Å². The van der Waals surface area contributed by atoms with Crippen LogP contribution in [0.25, 0.3) is 0 Å². The molecule has 1 aromatic carbocycles. The molecule has 0 aliphatic carbocycles. The minimum atomic E-state index is -0.618. The molecule has 0 fully saturated rings. The number of hydrogen-bond acceptors (Lipinski definition) is 8. The van der Waals surface area contributed by atoms with Crippen molar-refractivity contribution in [2.45, 2.75) is 0 Å². The van der Waals surface area contributed by atoms with Gasteiger partial charge in [0, 0.05) is 16.2 Å². The lowest BCUT2D eigenvalue weighted by atomic mass is 10.3. The second-order valence-electron chi connectivity index (χ2n) is 3.83. The van der Waals surface area contributed by atoms with Gasteiger partial charge in [0.15, 0.2) is 0 Å². The van der Waals surface area contributed by atoms with Gasteiger partial charge in [-0.2, -0.15) is 0 Å². The van der Waals surface area contributed by atoms with Gasteiger partial charge in [-0.05, 0) is 12.1 Å². The van der Waals surface area contributed by atoms with Crippen LogP contribution in [-0.2, 0) is 0 Å². The zero-order chi connectivity index (χ0) is 15.4. The van der Waals surface area contributed by atoms with Crippen molar-refractivity contribution in [1.82, 2.24) is 9.97 Å². The molecule has 2 aromatic rings. The number of aromatic nitrogens is 2. The van der Waals surface area contributed by atoms with E-state index in [0.29, 0.717) is 11.4 Å². The summed E-state index contributed by atoms with van der Waals surface area (Å²) in [5.74, 6) is 5.74. The molecule has 0 amide bonds. The molecule has 4 N–H and O–H groups in total. The normalized spacial score (nSPS) is 10.0. The molecule has 21 heavy (non-hydrogen) atoms. The molecular weight excluding hydrogens is 344 g/mol. The molecule has 2 rings (SSSR count). The van der Waals surface area contributed by atoms with Crippen LogP contribution in [0.2, 0.25) is 0 Å². The molecule has 0 bridgehead atoms. The lowest BCUT2D eigenvalue weighted by Gasteiger charge is -2.10. The maximum absolute atomic E-state index is 11.1. The van der Waals surface area contributed by atoms with E-state index in [2.05, 4.69) is 36.6 Å². The van der Waals surface area contributed by atoms with Gasteiger partial charge in [-0.3, -0.25) is 10.1 Å². The Bertz CT molecular complexity index is 681. The number of methoxy groups -OCH3 is 1. The number of nitrogens with zero attached hydrogens (tertiary/aromatic N) is 3. The van der Waals surface area contributed by atoms with Crippen LogP contribution in [0.1, 0.15) is 0 Å². The van der Waals surface area contributed by atoms with Gasteiger partial charge in [-0.1, -0.05) is 15.9 Å². The molecule has 0 saturated carbocycles. The van der Waals surface area contributed by atoms with E-state index in [1.165, 1.54) is 13.4 Å². The van der Waals surface area contributed by atoms with Crippen molar-refractivity contribution in [3.05, 3.63) is 39.1 Å². The fraction of sp³-hybridized carbons (Fsp3) is 0.0909. The number of ether oxygens (including phenoxy) is 1. The standard InChI is InChI=1S/C11H11BrN6O3/c1-21-8-3-6(12)2-7(4-8)16-10-9(18(19)20)11(17-13)15-5-14-10/h2-5H,13H2,1H3,(H2,14,15,16,17). The Morgan fingerprint density at radius 3 is 2.67 bits per heavy atom. The van der Waals surface area contributed by atoms with Gasteiger partial charge in [0.05, 0.1) is 12.0 Å². The fourth-order valence-corrected chi connectivity index (χ4v) is 2.11. The monoisotopic (exact) mass is 354 g/mol. The molecule has 0 aliphatic heterocycles. The third kappa shape index (κ3) is 3.35. The van der Waals surface area contributed by atoms with Crippen molar-refractivity contribution >= 4 is 38.9 Å². The van der Waals surface area contributed by atoms with Crippen molar-refractivity contribution in [3.63, 3.8) is 0 Å². The second kappa shape index (κ2) is 6.33. The zero-order valence-electron chi connectivity index (χ0n) is 10.8. The lowest BCUT2D eigenvalue weighted by molar-refractivity contribution is -0.383. The molecule has 10 heteroatoms. The number of anilines is 3. The van der Waals surface area contributed by atoms with Gasteiger partial charge >= 0.3 is 5.69 Å². The first-order valence-corrected chi connectivity index (χ1v) is 6.42. The molecule has 110 valence electrons. The molecular formula is C11H11BrN6O3. The number of nitro groups is 1. The van der Waals surface area contributed by atoms with Crippen LogP contribution in [0, 0.1) is 10.1 Å². The van der Waals surface area contributed by atoms with Crippen LogP contribution in [0.3, 0.4) is 0 Å². The first-order chi connectivity index (χ1) is 10.0. The highest BCUT2D eigenvalue weighted by Gasteiger charge is 2.22. The number of hydrogen-bond donors (Lipinski definition) is 3. The minimum Gasteiger partial charge on any atom is -0.497 e. The summed E-state index contributed by atoms with van der Waals surface area (Å²) in [6.45, 7) is 0. The topological polar surface area (TPSA) is 128 Å². The fourth-order valence-electron chi connectivity index (χ4n) is 1.64. The molecule has 0 saturated heterocycles. The summed E-state index contributed by atoms with van der Waals surface area (Å²) < 4.78 is 5.88. The maximum atomic E-state index is 11.1. The smallest absolute Gasteiger partial charge is 0.354 e. The summed E-state index contributed by atoms with van der Waals surface area (Å²) in [5.41, 5.74) is 2.38. The van der Waals surface area contributed by atoms with Crippen LogP contribution in [0.15, 0.2) is 29.0 Å². The predicted molar refractivity (Wildman–Crippen MR) is 80.5 cm³/mol. The average Bonchev–Trinajstić information content (AvgIpc) is 2.45. The quantitative estimate of drug-likeness (QED) is 0.423. The van der Waals surface area contributed by atoms with Crippen LogP contribution in [0.4, 0.5) is 23.0 Å². The van der Waals surface area contributed by atoms with E-state index in [9.17, 15) is 10.1 Å². The molecule has 0 unspecified atom stereocenters. The average molecular weight is 355 g/mol. The second-order valence-corrected chi connectivity index (χ2v) is 4.74. The Balaban J connectivity index is 2.44. The number of halogens is 1. The first-order valence-electron chi connectivity index (χ1n) is 5.62. The zero-order valence-corrected chi connectivity index (χ0v) is 12.4. The lowest BCUT2D eigenvalue weighted by Crippen LogP contribution is -2.12. The summed E-state index contributed by atoms with van der Waals surface area (Å²) >= 11 is 3.32. The van der Waals surface area contributed by atoms with E-state index in [4.69, 9.17) is 10.6 Å². The van der Waals surface area contributed by atoms with E-state index in [1.807, 2.05) is 0 Å². The SMILES string of the molecule is COc1cc(Br)cc(Nc2ncnc(NN)c2[N+](=O)[O-])c1. The molecule has 0 spiro atoms. The highest BCUT2D eigenvalue weighted by Crippen LogP contribution is 2.32. The van der Waals surface area contributed by atoms with Crippen LogP contribution in [-0.4, -0.2) is 22.0 Å². The molecule has 1 heterocycles. The van der Waals surface area contributed by atoms with Crippen molar-refractivity contribution in [2.24, 2.45) is 5.84 Å². The molecule has 9 nitrogen and oxygen atoms in total. The van der Waals surface area contributed by atoms with Crippen LogP contribution < -0.4 is 21.3 Å². The van der Waals surface area contributed by atoms with Crippen LogP contribution >= 0.6 is 15.9 Å². The number of hydrazine groups is 1. The first kappa shape index (κ1) is 14.9. The summed E-state index contributed by atoms with van der Waals surface area (Å²) in [5, 5.41) is 14.0. The van der Waals surface area contributed by atoms with Gasteiger partial charge in [0.25, 0.3) is 0 Å². The Morgan fingerprint density at radius 2 is 2.05 bits per heavy atom. The number of nitrogens with two attached hydrogens (primary N) is 1. The number of benzene rings is 1. The Kier molecular flexibility index (Phi) is 4.50. The van der Waals surface area contributed by atoms with Gasteiger partial charge in [-0.15, -0.1) is 0 Å². The van der Waals surface area contributed by atoms with Crippen molar-refractivity contribution < 1.29 is 9.66 Å². The Labute approximate surface area is 127 Å². The van der Waals surface area contributed by atoms with E-state index in [1.54, 1.807) is 18.2 Å². The third-order valence-corrected chi connectivity index (χ3v) is 2.97. The van der Waals surface area contributed by atoms with Crippen molar-refractivity contribution in [1.29, 1.82) is 0 Å². The summed E-state index contributed by atoms with van der Waals surface area (Å²) in [7, 11) is 1.52. The summed E-state index contributed by atoms with van der Waals surface area (Å²) in [4.78, 5) is 18.1. The molecule has 0 atom stereocenters. The summed E-state index contributed by atoms with van der Waals surface area (Å²) in [6, 6.07) is 5.16. The number of nitrogens with one attached hydrogen (secondary N) is 2. The third-order valence-electron chi connectivity index (χ3n) is 2.51. The largest absolute Gasteiger partial charge is 0.497 e. The van der Waals surface area contributed by atoms with Gasteiger partial charge < -0.3 is 15.5 Å². The predicted octanol–water partition coefficient (Wildman–Crippen LogP) is 2.19. The van der Waals surface area contributed by atoms with E-state index < -0.39 is 4.92 Å². The Morgan fingerprint density at radius 1 is 1.33 bits per heavy atom. The maximum Gasteiger partial charge on any atom is 0.354 e. The molecule has 0 radical (unpaired) electrons. The van der Waals surface area contributed by atoms with Crippen molar-refractivity contribution in [3.8, 4) is 5.75 Å². The van der Waals surface area contributed by atoms with E-state index in [0.717, 1.165) is 4.47 Å².